The van der Waals surface area contributed by atoms with Gasteiger partial charge in [0.1, 0.15) is 15.7 Å². The summed E-state index contributed by atoms with van der Waals surface area (Å²) in [6.45, 7) is 2.03. The van der Waals surface area contributed by atoms with Crippen molar-refractivity contribution >= 4 is 49.9 Å². The van der Waals surface area contributed by atoms with Gasteiger partial charge in [0.05, 0.1) is 5.57 Å². The van der Waals surface area contributed by atoms with Gasteiger partial charge in [0.2, 0.25) is 5.17 Å². The number of amidine groups is 2. The van der Waals surface area contributed by atoms with E-state index in [0.717, 1.165) is 17.9 Å². The third-order valence-electron chi connectivity index (χ3n) is 4.39. The minimum Gasteiger partial charge on any atom is -0.379 e. The molecule has 4 rings (SSSR count). The van der Waals surface area contributed by atoms with Crippen LogP contribution in [-0.2, 0) is 14.9 Å². The van der Waals surface area contributed by atoms with Crippen LogP contribution in [-0.4, -0.2) is 35.4 Å². The molecule has 1 N–H and O–H groups in total. The first-order valence-electron chi connectivity index (χ1n) is 9.46. The minimum absolute atomic E-state index is 0.0411. The number of nitrogens with one attached hydrogen (secondary N) is 1. The minimum atomic E-state index is -3.94. The third kappa shape index (κ3) is 4.44. The van der Waals surface area contributed by atoms with E-state index < -0.39 is 16.0 Å². The first-order chi connectivity index (χ1) is 14.9. The number of nitrogens with zero attached hydrogens (tertiary/aromatic N) is 3. The molecule has 10 heteroatoms. The summed E-state index contributed by atoms with van der Waals surface area (Å²) >= 11 is 1.30. The Balaban J connectivity index is 1.54. The molecule has 2 aromatic carbocycles. The van der Waals surface area contributed by atoms with E-state index in [1.165, 1.54) is 47.1 Å². The normalized spacial score (nSPS) is 17.5. The Labute approximate surface area is 184 Å². The van der Waals surface area contributed by atoms with E-state index in [-0.39, 0.29) is 22.1 Å². The molecule has 0 aliphatic carbocycles. The van der Waals surface area contributed by atoms with Crippen molar-refractivity contribution in [3.63, 3.8) is 0 Å². The molecule has 2 heterocycles. The highest BCUT2D eigenvalue weighted by atomic mass is 32.2. The lowest BCUT2D eigenvalue weighted by molar-refractivity contribution is -0.114. The fourth-order valence-electron chi connectivity index (χ4n) is 2.89. The molecule has 0 saturated carbocycles. The second-order valence-corrected chi connectivity index (χ2v) is 9.27. The Kier molecular flexibility index (Phi) is 5.75. The zero-order chi connectivity index (χ0) is 22.0. The molecule has 2 aliphatic heterocycles. The molecular weight excluding hydrogens is 436 g/mol. The summed E-state index contributed by atoms with van der Waals surface area (Å²) in [6.07, 6.45) is 3.19. The molecule has 0 spiro atoms. The van der Waals surface area contributed by atoms with Crippen molar-refractivity contribution < 1.29 is 17.4 Å². The molecule has 0 bridgehead atoms. The Morgan fingerprint density at radius 3 is 2.52 bits per heavy atom. The van der Waals surface area contributed by atoms with Crippen LogP contribution in [0.3, 0.4) is 0 Å². The van der Waals surface area contributed by atoms with Gasteiger partial charge in [-0.2, -0.15) is 23.5 Å². The van der Waals surface area contributed by atoms with Crippen molar-refractivity contribution in [2.75, 3.05) is 0 Å². The second kappa shape index (κ2) is 8.48. The van der Waals surface area contributed by atoms with Crippen molar-refractivity contribution in [3.8, 4) is 5.75 Å². The third-order valence-corrected chi connectivity index (χ3v) is 6.62. The van der Waals surface area contributed by atoms with Crippen molar-refractivity contribution in [2.45, 2.75) is 24.7 Å². The molecule has 8 nitrogen and oxygen atoms in total. The Hall–Kier alpha value is -3.24. The van der Waals surface area contributed by atoms with Crippen LogP contribution in [0.1, 0.15) is 25.3 Å². The molecule has 1 amide bonds. The molecule has 0 unspecified atom stereocenters. The van der Waals surface area contributed by atoms with Crippen molar-refractivity contribution in [2.24, 2.45) is 10.1 Å². The number of amides is 1. The van der Waals surface area contributed by atoms with Gasteiger partial charge in [0, 0.05) is 0 Å². The molecule has 2 aromatic rings. The summed E-state index contributed by atoms with van der Waals surface area (Å²) in [6, 6.07) is 14.0. The van der Waals surface area contributed by atoms with Crippen LogP contribution in [0.4, 0.5) is 0 Å². The van der Waals surface area contributed by atoms with Crippen LogP contribution in [0.2, 0.25) is 0 Å². The van der Waals surface area contributed by atoms with Crippen LogP contribution in [0.5, 0.6) is 5.75 Å². The predicted octanol–water partition coefficient (Wildman–Crippen LogP) is 3.87. The van der Waals surface area contributed by atoms with E-state index >= 15 is 0 Å². The number of carbonyl (C=O) groups excluding carboxylic acids is 1. The molecule has 0 fully saturated rings. The number of thioether (sulfide) groups is 1. The van der Waals surface area contributed by atoms with Crippen LogP contribution >= 0.6 is 11.8 Å². The van der Waals surface area contributed by atoms with Crippen molar-refractivity contribution in [1.29, 1.82) is 5.41 Å². The zero-order valence-corrected chi connectivity index (χ0v) is 18.1. The quantitative estimate of drug-likeness (QED) is 0.524. The maximum absolute atomic E-state index is 12.4. The lowest BCUT2D eigenvalue weighted by Gasteiger charge is -2.20. The first-order valence-corrected chi connectivity index (χ1v) is 11.7. The molecule has 0 atom stereocenters. The van der Waals surface area contributed by atoms with Gasteiger partial charge in [-0.3, -0.25) is 10.2 Å². The van der Waals surface area contributed by atoms with E-state index in [1.54, 1.807) is 30.3 Å². The highest BCUT2D eigenvalue weighted by Gasteiger charge is 2.35. The predicted molar refractivity (Wildman–Crippen MR) is 121 cm³/mol. The fraction of sp³-hybridized carbons (Fsp3) is 0.143. The van der Waals surface area contributed by atoms with Gasteiger partial charge in [0.15, 0.2) is 5.84 Å². The molecule has 2 aliphatic rings. The topological polar surface area (TPSA) is 112 Å². The highest BCUT2D eigenvalue weighted by Crippen LogP contribution is 2.30. The van der Waals surface area contributed by atoms with Crippen molar-refractivity contribution in [3.05, 3.63) is 65.7 Å². The summed E-state index contributed by atoms with van der Waals surface area (Å²) in [5.74, 6) is -0.412. The maximum atomic E-state index is 12.4. The van der Waals surface area contributed by atoms with Gasteiger partial charge in [-0.25, -0.2) is 0 Å². The van der Waals surface area contributed by atoms with Gasteiger partial charge in [0.25, 0.3) is 5.91 Å². The van der Waals surface area contributed by atoms with Crippen LogP contribution in [0.25, 0.3) is 6.08 Å². The molecule has 0 radical (unpaired) electrons. The Bertz CT molecular complexity index is 1230. The van der Waals surface area contributed by atoms with E-state index in [2.05, 4.69) is 10.1 Å². The Morgan fingerprint density at radius 1 is 1.13 bits per heavy atom. The first kappa shape index (κ1) is 21.0. The fourth-order valence-corrected chi connectivity index (χ4v) is 4.83. The highest BCUT2D eigenvalue weighted by molar-refractivity contribution is 8.26. The number of fused-ring (bicyclic) bond motifs is 1. The maximum Gasteiger partial charge on any atom is 0.339 e. The van der Waals surface area contributed by atoms with Gasteiger partial charge in [-0.1, -0.05) is 37.3 Å². The molecular formula is C21H18N4O4S2. The number of hydrogen-bond donors (Lipinski definition) is 1. The van der Waals surface area contributed by atoms with E-state index in [4.69, 9.17) is 9.59 Å². The molecule has 31 heavy (non-hydrogen) atoms. The number of rotatable bonds is 6. The molecule has 158 valence electrons. The smallest absolute Gasteiger partial charge is 0.339 e. The average molecular weight is 455 g/mol. The zero-order valence-electron chi connectivity index (χ0n) is 16.5. The number of hydrogen-bond acceptors (Lipinski definition) is 7. The van der Waals surface area contributed by atoms with Gasteiger partial charge in [-0.05, 0) is 60.5 Å². The number of hydrazone groups is 1. The second-order valence-electron chi connectivity index (χ2n) is 6.68. The van der Waals surface area contributed by atoms with Crippen LogP contribution in [0, 0.1) is 5.41 Å². The van der Waals surface area contributed by atoms with Gasteiger partial charge in [-0.15, -0.1) is 0 Å². The monoisotopic (exact) mass is 454 g/mol. The largest absolute Gasteiger partial charge is 0.379 e. The summed E-state index contributed by atoms with van der Waals surface area (Å²) in [5, 5.41) is 15.3. The van der Waals surface area contributed by atoms with E-state index in [1.807, 2.05) is 6.92 Å². The van der Waals surface area contributed by atoms with Crippen LogP contribution in [0.15, 0.2) is 75.2 Å². The molecule has 0 saturated heterocycles. The summed E-state index contributed by atoms with van der Waals surface area (Å²) in [4.78, 5) is 16.5. The standard InChI is InChI=1S/C21H18N4O4S2/c1-2-6-18-24-25-19(22)17(20(26)23-21(25)30-18)13-14-9-11-15(12-10-14)29-31(27,28)16-7-4-3-5-8-16/h3-5,7-13,22H,2,6H2,1H3. The van der Waals surface area contributed by atoms with E-state index in [9.17, 15) is 13.2 Å². The number of carbonyl (C=O) groups is 1. The lowest BCUT2D eigenvalue weighted by Crippen LogP contribution is -2.35. The lowest BCUT2D eigenvalue weighted by atomic mass is 10.1. The Morgan fingerprint density at radius 2 is 1.84 bits per heavy atom. The van der Waals surface area contributed by atoms with Crippen LogP contribution < -0.4 is 4.18 Å². The summed E-state index contributed by atoms with van der Waals surface area (Å²) in [5.41, 5.74) is 0.706. The summed E-state index contributed by atoms with van der Waals surface area (Å²) < 4.78 is 29.8. The van der Waals surface area contributed by atoms with Crippen molar-refractivity contribution in [1.82, 2.24) is 5.01 Å². The van der Waals surface area contributed by atoms with E-state index in [0.29, 0.717) is 10.7 Å². The summed E-state index contributed by atoms with van der Waals surface area (Å²) in [7, 11) is -3.94. The number of benzene rings is 2. The van der Waals surface area contributed by atoms with Gasteiger partial charge >= 0.3 is 10.1 Å². The average Bonchev–Trinajstić information content (AvgIpc) is 3.15. The molecule has 0 aromatic heterocycles. The SMILES string of the molecule is CCCC1=NN2C(=N)C(=Cc3ccc(OS(=O)(=O)c4ccccc4)cc3)C(=O)N=C2S1. The van der Waals surface area contributed by atoms with Gasteiger partial charge < -0.3 is 4.18 Å². The number of aliphatic imine (C=N–C) groups is 1.